The molecule has 3 aromatic rings. The molecule has 1 atom stereocenters. The van der Waals surface area contributed by atoms with E-state index in [0.717, 1.165) is 6.42 Å². The van der Waals surface area contributed by atoms with E-state index in [1.807, 2.05) is 0 Å². The number of carbonyl (C=O) groups excluding carboxylic acids is 1. The van der Waals surface area contributed by atoms with E-state index >= 15 is 0 Å². The molecule has 1 aliphatic carbocycles. The summed E-state index contributed by atoms with van der Waals surface area (Å²) in [4.78, 5) is 22.3. The first-order valence-corrected chi connectivity index (χ1v) is 10.1. The topological polar surface area (TPSA) is 129 Å². The Morgan fingerprint density at radius 3 is 2.81 bits per heavy atom. The first kappa shape index (κ1) is 19.9. The maximum absolute atomic E-state index is 14.1. The molecule has 0 saturated heterocycles. The minimum Gasteiger partial charge on any atom is -0.467 e. The molecule has 2 N–H and O–H groups in total. The Labute approximate surface area is 182 Å². The van der Waals surface area contributed by atoms with Gasteiger partial charge in [-0.05, 0) is 44.4 Å². The Hall–Kier alpha value is -4.00. The summed E-state index contributed by atoms with van der Waals surface area (Å²) in [5.41, 5.74) is 6.21. The molecule has 0 radical (unpaired) electrons. The number of Topliss-reactive ketones (excluding diaryl/α,β-unsaturated/α-hetero) is 1. The fourth-order valence-corrected chi connectivity index (χ4v) is 4.13. The summed E-state index contributed by atoms with van der Waals surface area (Å²) in [6.07, 6.45) is 2.36. The number of aromatic nitrogens is 4. The number of halogens is 1. The van der Waals surface area contributed by atoms with Gasteiger partial charge in [-0.15, -0.1) is 5.10 Å². The monoisotopic (exact) mass is 434 g/mol. The molecule has 0 unspecified atom stereocenters. The fourth-order valence-electron chi connectivity index (χ4n) is 4.13. The summed E-state index contributed by atoms with van der Waals surface area (Å²) in [7, 11) is 1.60. The van der Waals surface area contributed by atoms with Gasteiger partial charge in [0.2, 0.25) is 11.7 Å². The summed E-state index contributed by atoms with van der Waals surface area (Å²) in [6.45, 7) is 1.68. The molecule has 1 fully saturated rings. The van der Waals surface area contributed by atoms with E-state index in [1.165, 1.54) is 29.1 Å². The van der Waals surface area contributed by atoms with Crippen LogP contribution in [0.4, 0.5) is 10.2 Å². The Morgan fingerprint density at radius 1 is 1.34 bits per heavy atom. The molecule has 32 heavy (non-hydrogen) atoms. The molecule has 2 aromatic heterocycles. The maximum Gasteiger partial charge on any atom is 0.258 e. The number of aryl methyl sites for hydroxylation is 1. The van der Waals surface area contributed by atoms with Crippen LogP contribution in [0.5, 0.6) is 11.8 Å². The van der Waals surface area contributed by atoms with Crippen LogP contribution < -0.4 is 15.2 Å². The molecule has 5 rings (SSSR count). The van der Waals surface area contributed by atoms with Crippen LogP contribution in [-0.4, -0.2) is 31.1 Å². The second-order valence-corrected chi connectivity index (χ2v) is 7.98. The van der Waals surface area contributed by atoms with E-state index in [0.29, 0.717) is 29.5 Å². The van der Waals surface area contributed by atoms with Gasteiger partial charge in [0.05, 0.1) is 6.20 Å². The Balaban J connectivity index is 1.79. The van der Waals surface area contributed by atoms with Crippen LogP contribution in [-0.2, 0) is 7.05 Å². The van der Waals surface area contributed by atoms with Gasteiger partial charge in [-0.1, -0.05) is 0 Å². The van der Waals surface area contributed by atoms with Crippen molar-refractivity contribution < 1.29 is 18.7 Å². The third-order valence-corrected chi connectivity index (χ3v) is 6.00. The molecule has 2 bridgehead atoms. The van der Waals surface area contributed by atoms with Gasteiger partial charge in [-0.2, -0.15) is 5.26 Å². The predicted molar refractivity (Wildman–Crippen MR) is 110 cm³/mol. The molecule has 1 aromatic carbocycles. The van der Waals surface area contributed by atoms with Gasteiger partial charge in [-0.3, -0.25) is 9.48 Å². The zero-order chi connectivity index (χ0) is 22.6. The van der Waals surface area contributed by atoms with Crippen molar-refractivity contribution in [1.29, 1.82) is 5.26 Å². The third-order valence-electron chi connectivity index (χ3n) is 6.00. The molecule has 9 nitrogen and oxygen atoms in total. The highest BCUT2D eigenvalue weighted by Crippen LogP contribution is 2.44. The number of carbonyl (C=O) groups is 1. The molecular weight excluding hydrogens is 415 g/mol. The van der Waals surface area contributed by atoms with Gasteiger partial charge < -0.3 is 15.2 Å². The molecular formula is C22H19FN6O3. The number of rotatable bonds is 0. The lowest BCUT2D eigenvalue weighted by Gasteiger charge is -2.40. The number of ketones is 1. The minimum absolute atomic E-state index is 0.00437. The number of fused-ring (bicyclic) bond motifs is 5. The maximum atomic E-state index is 14.1. The van der Waals surface area contributed by atoms with Crippen LogP contribution in [0.3, 0.4) is 0 Å². The lowest BCUT2D eigenvalue weighted by Crippen LogP contribution is -2.51. The molecule has 1 spiro atoms. The van der Waals surface area contributed by atoms with Gasteiger partial charge in [0.25, 0.3) is 5.88 Å². The highest BCUT2D eigenvalue weighted by molar-refractivity contribution is 6.04. The highest BCUT2D eigenvalue weighted by atomic mass is 19.1. The molecule has 1 aliphatic heterocycles. The average molecular weight is 434 g/mol. The van der Waals surface area contributed by atoms with E-state index in [-0.39, 0.29) is 34.7 Å². The third kappa shape index (κ3) is 2.89. The van der Waals surface area contributed by atoms with Gasteiger partial charge >= 0.3 is 0 Å². The average Bonchev–Trinajstić information content (AvgIpc) is 3.05. The Bertz CT molecular complexity index is 1310. The molecule has 0 amide bonds. The van der Waals surface area contributed by atoms with Crippen LogP contribution in [0.2, 0.25) is 0 Å². The zero-order valence-corrected chi connectivity index (χ0v) is 17.4. The van der Waals surface area contributed by atoms with Crippen LogP contribution >= 0.6 is 0 Å². The van der Waals surface area contributed by atoms with Gasteiger partial charge in [-0.25, -0.2) is 14.4 Å². The summed E-state index contributed by atoms with van der Waals surface area (Å²) in [6, 6.07) is 6.04. The van der Waals surface area contributed by atoms with Crippen LogP contribution in [0.25, 0.3) is 11.3 Å². The summed E-state index contributed by atoms with van der Waals surface area (Å²) >= 11 is 0. The summed E-state index contributed by atoms with van der Waals surface area (Å²) in [5.74, 6) is -0.675. The largest absolute Gasteiger partial charge is 0.467 e. The Morgan fingerprint density at radius 2 is 2.12 bits per heavy atom. The summed E-state index contributed by atoms with van der Waals surface area (Å²) in [5, 5.41) is 14.1. The second-order valence-electron chi connectivity index (χ2n) is 7.98. The Kier molecular flexibility index (Phi) is 4.37. The number of hydrogen-bond acceptors (Lipinski definition) is 8. The molecule has 2 aliphatic rings. The van der Waals surface area contributed by atoms with E-state index in [9.17, 15) is 14.4 Å². The van der Waals surface area contributed by atoms with E-state index in [2.05, 4.69) is 21.1 Å². The number of nitrogens with two attached hydrogens (primary N) is 1. The van der Waals surface area contributed by atoms with E-state index in [1.54, 1.807) is 14.0 Å². The standard InChI is InChI=1S/C22H19FN6O3/c1-11-14-8-12(23)4-5-13(14)18(30)22(6-3-7-22)32-20-17(16(9-24)29(2)28-20)15-10-26-19(25)21(27-15)31-11/h4-5,8,10-11H,3,6-7H2,1-2H3,(H2,25,26)/t11-/m1/s1. The van der Waals surface area contributed by atoms with Crippen molar-refractivity contribution in [1.82, 2.24) is 19.7 Å². The van der Waals surface area contributed by atoms with Crippen molar-refractivity contribution in [3.05, 3.63) is 47.0 Å². The van der Waals surface area contributed by atoms with Crippen molar-refractivity contribution in [3.8, 4) is 29.1 Å². The lowest BCUT2D eigenvalue weighted by atomic mass is 9.73. The molecule has 162 valence electrons. The van der Waals surface area contributed by atoms with E-state index in [4.69, 9.17) is 15.2 Å². The molecule has 3 heterocycles. The van der Waals surface area contributed by atoms with Crippen LogP contribution in [0, 0.1) is 17.1 Å². The number of benzene rings is 1. The van der Waals surface area contributed by atoms with Gasteiger partial charge in [0.15, 0.2) is 17.1 Å². The first-order chi connectivity index (χ1) is 15.3. The minimum atomic E-state index is -1.18. The molecule has 10 heteroatoms. The normalized spacial score (nSPS) is 18.7. The number of hydrogen-bond donors (Lipinski definition) is 1. The van der Waals surface area contributed by atoms with E-state index < -0.39 is 17.5 Å². The fraction of sp³-hybridized carbons (Fsp3) is 0.318. The van der Waals surface area contributed by atoms with Crippen LogP contribution in [0.15, 0.2) is 24.4 Å². The lowest BCUT2D eigenvalue weighted by molar-refractivity contribution is 0.00179. The number of nitriles is 1. The predicted octanol–water partition coefficient (Wildman–Crippen LogP) is 3.11. The number of nitrogens with zero attached hydrogens (tertiary/aromatic N) is 5. The van der Waals surface area contributed by atoms with Crippen molar-refractivity contribution in [2.45, 2.75) is 37.9 Å². The second kappa shape index (κ2) is 7.02. The van der Waals surface area contributed by atoms with Crippen molar-refractivity contribution >= 4 is 11.6 Å². The highest BCUT2D eigenvalue weighted by Gasteiger charge is 2.49. The number of anilines is 1. The summed E-state index contributed by atoms with van der Waals surface area (Å²) < 4.78 is 27.7. The smallest absolute Gasteiger partial charge is 0.258 e. The van der Waals surface area contributed by atoms with Crippen molar-refractivity contribution in [3.63, 3.8) is 0 Å². The van der Waals surface area contributed by atoms with Crippen molar-refractivity contribution in [2.24, 2.45) is 7.05 Å². The van der Waals surface area contributed by atoms with Gasteiger partial charge in [0.1, 0.15) is 29.2 Å². The van der Waals surface area contributed by atoms with Crippen molar-refractivity contribution in [2.75, 3.05) is 5.73 Å². The van der Waals surface area contributed by atoms with Gasteiger partial charge in [0, 0.05) is 18.2 Å². The SMILES string of the molecule is C[C@H]1Oc2nc(cnc2N)-c2c(nn(C)c2C#N)OC2(CCC2)C(=O)c2ccc(F)cc21. The molecule has 1 saturated carbocycles. The first-order valence-electron chi connectivity index (χ1n) is 10.1. The number of ether oxygens (including phenoxy) is 2. The number of nitrogen functional groups attached to an aromatic ring is 1. The quantitative estimate of drug-likeness (QED) is 0.571. The van der Waals surface area contributed by atoms with Crippen LogP contribution in [0.1, 0.15) is 53.9 Å². The zero-order valence-electron chi connectivity index (χ0n) is 17.4.